The van der Waals surface area contributed by atoms with Gasteiger partial charge in [-0.15, -0.1) is 0 Å². The van der Waals surface area contributed by atoms with Crippen LogP contribution in [0.3, 0.4) is 0 Å². The summed E-state index contributed by atoms with van der Waals surface area (Å²) in [7, 11) is 0. The van der Waals surface area contributed by atoms with Gasteiger partial charge in [-0.25, -0.2) is 18.7 Å². The average molecular weight is 645 g/mol. The molecular weight excluding hydrogens is 604 g/mol. The van der Waals surface area contributed by atoms with Gasteiger partial charge < -0.3 is 9.47 Å². The highest BCUT2D eigenvalue weighted by Crippen LogP contribution is 2.24. The molecule has 4 rings (SSSR count). The van der Waals surface area contributed by atoms with Crippen molar-refractivity contribution in [3.8, 4) is 35.2 Å². The summed E-state index contributed by atoms with van der Waals surface area (Å²) in [6.07, 6.45) is 9.82. The predicted molar refractivity (Wildman–Crippen MR) is 177 cm³/mol. The van der Waals surface area contributed by atoms with Crippen molar-refractivity contribution in [2.24, 2.45) is 0 Å². The summed E-state index contributed by atoms with van der Waals surface area (Å²) in [4.78, 5) is 8.39. The lowest BCUT2D eigenvalue weighted by molar-refractivity contribution is 0.288. The number of aryl methyl sites for hydroxylation is 2. The second kappa shape index (κ2) is 19.6. The first-order valence-corrected chi connectivity index (χ1v) is 16.0. The summed E-state index contributed by atoms with van der Waals surface area (Å²) >= 11 is 0. The van der Waals surface area contributed by atoms with Crippen LogP contribution in [0.15, 0.2) is 60.9 Å². The minimum absolute atomic E-state index is 0.00484. The van der Waals surface area contributed by atoms with E-state index in [2.05, 4.69) is 40.6 Å². The van der Waals surface area contributed by atoms with E-state index in [-0.39, 0.29) is 22.6 Å². The number of hydrogen-bond acceptors (Lipinski definition) is 4. The summed E-state index contributed by atoms with van der Waals surface area (Å²) in [5, 5.41) is 0. The SMILES string of the molecule is CCCCOc1ccc(C#Cc2ccc(CC)cn2)c(F)c1F.CCCCOc1ccc(C#Cc2ccc(CCC)cn2)c(F)c1F. The van der Waals surface area contributed by atoms with Gasteiger partial charge in [-0.05, 0) is 85.0 Å². The molecule has 0 spiro atoms. The van der Waals surface area contributed by atoms with E-state index in [9.17, 15) is 17.6 Å². The van der Waals surface area contributed by atoms with E-state index >= 15 is 0 Å². The molecule has 2 aromatic heterocycles. The zero-order valence-corrected chi connectivity index (χ0v) is 27.4. The van der Waals surface area contributed by atoms with Crippen molar-refractivity contribution in [1.29, 1.82) is 0 Å². The Bertz CT molecular complexity index is 1700. The number of pyridine rings is 2. The number of aromatic nitrogens is 2. The van der Waals surface area contributed by atoms with Crippen LogP contribution in [0.25, 0.3) is 0 Å². The van der Waals surface area contributed by atoms with Crippen molar-refractivity contribution in [1.82, 2.24) is 9.97 Å². The van der Waals surface area contributed by atoms with Crippen LogP contribution in [0.4, 0.5) is 17.6 Å². The lowest BCUT2D eigenvalue weighted by atomic mass is 10.1. The maximum Gasteiger partial charge on any atom is 0.201 e. The first-order chi connectivity index (χ1) is 22.8. The highest BCUT2D eigenvalue weighted by molar-refractivity contribution is 5.45. The minimum atomic E-state index is -0.998. The Balaban J connectivity index is 0.000000256. The first-order valence-electron chi connectivity index (χ1n) is 16.0. The van der Waals surface area contributed by atoms with Gasteiger partial charge in [0.05, 0.1) is 24.3 Å². The van der Waals surface area contributed by atoms with Crippen LogP contribution in [-0.2, 0) is 12.8 Å². The molecule has 0 saturated heterocycles. The third-order valence-corrected chi connectivity index (χ3v) is 6.85. The quantitative estimate of drug-likeness (QED) is 0.0927. The molecule has 0 N–H and O–H groups in total. The first kappa shape index (κ1) is 36.6. The molecule has 0 atom stereocenters. The number of unbranched alkanes of at least 4 members (excludes halogenated alkanes) is 2. The summed E-state index contributed by atoms with van der Waals surface area (Å²) in [5.41, 5.74) is 3.26. The third-order valence-electron chi connectivity index (χ3n) is 6.85. The van der Waals surface area contributed by atoms with Crippen molar-refractivity contribution in [2.45, 2.75) is 72.6 Å². The molecule has 8 heteroatoms. The summed E-state index contributed by atoms with van der Waals surface area (Å²) in [6.45, 7) is 8.87. The molecule has 4 nitrogen and oxygen atoms in total. The average Bonchev–Trinajstić information content (AvgIpc) is 3.09. The molecule has 2 heterocycles. The van der Waals surface area contributed by atoms with Crippen LogP contribution < -0.4 is 9.47 Å². The van der Waals surface area contributed by atoms with Gasteiger partial charge in [-0.1, -0.05) is 70.9 Å². The normalized spacial score (nSPS) is 10.1. The van der Waals surface area contributed by atoms with Gasteiger partial charge in [0.2, 0.25) is 11.6 Å². The lowest BCUT2D eigenvalue weighted by Crippen LogP contribution is -2.01. The number of nitrogens with zero attached hydrogens (tertiary/aromatic N) is 2. The fraction of sp³-hybridized carbons (Fsp3) is 0.333. The van der Waals surface area contributed by atoms with E-state index in [1.807, 2.05) is 32.9 Å². The minimum Gasteiger partial charge on any atom is -0.490 e. The van der Waals surface area contributed by atoms with Crippen molar-refractivity contribution in [2.75, 3.05) is 13.2 Å². The Morgan fingerprint density at radius 1 is 0.532 bits per heavy atom. The molecule has 0 amide bonds. The molecule has 47 heavy (non-hydrogen) atoms. The highest BCUT2D eigenvalue weighted by Gasteiger charge is 2.14. The van der Waals surface area contributed by atoms with Crippen molar-refractivity contribution >= 4 is 0 Å². The van der Waals surface area contributed by atoms with E-state index in [1.165, 1.54) is 24.3 Å². The summed E-state index contributed by atoms with van der Waals surface area (Å²) < 4.78 is 66.4. The molecule has 0 fully saturated rings. The van der Waals surface area contributed by atoms with Crippen LogP contribution in [0, 0.1) is 47.0 Å². The maximum atomic E-state index is 14.1. The fourth-order valence-corrected chi connectivity index (χ4v) is 4.04. The molecule has 0 bridgehead atoms. The standard InChI is InChI=1S/C20H21F2NO.C19H19F2NO/c1-3-5-13-24-18-12-9-16(19(21)20(18)22)8-11-17-10-7-15(6-4-2)14-23-17;1-3-5-12-23-17-11-8-15(18(20)19(17)21)7-10-16-9-6-14(4-2)13-22-16/h7,9-10,12,14H,3-6,13H2,1-2H3;6,8-9,11,13H,3-5,12H2,1-2H3. The van der Waals surface area contributed by atoms with Gasteiger partial charge in [0.25, 0.3) is 0 Å². The van der Waals surface area contributed by atoms with Crippen LogP contribution in [0.5, 0.6) is 11.5 Å². The van der Waals surface area contributed by atoms with Crippen LogP contribution in [-0.4, -0.2) is 23.2 Å². The smallest absolute Gasteiger partial charge is 0.201 e. The van der Waals surface area contributed by atoms with Gasteiger partial charge in [0.15, 0.2) is 23.1 Å². The molecule has 4 aromatic rings. The molecule has 0 aliphatic carbocycles. The van der Waals surface area contributed by atoms with Crippen LogP contribution >= 0.6 is 0 Å². The molecule has 2 aromatic carbocycles. The molecule has 0 aliphatic rings. The molecule has 0 saturated carbocycles. The molecule has 246 valence electrons. The second-order valence-electron chi connectivity index (χ2n) is 10.6. The Morgan fingerprint density at radius 3 is 1.38 bits per heavy atom. The largest absolute Gasteiger partial charge is 0.490 e. The third kappa shape index (κ3) is 11.5. The lowest BCUT2D eigenvalue weighted by Gasteiger charge is -2.07. The highest BCUT2D eigenvalue weighted by atomic mass is 19.2. The van der Waals surface area contributed by atoms with Crippen LogP contribution in [0.2, 0.25) is 0 Å². The number of hydrogen-bond donors (Lipinski definition) is 0. The fourth-order valence-electron chi connectivity index (χ4n) is 4.04. The van der Waals surface area contributed by atoms with Gasteiger partial charge in [-0.3, -0.25) is 0 Å². The van der Waals surface area contributed by atoms with E-state index in [1.54, 1.807) is 24.5 Å². The summed E-state index contributed by atoms with van der Waals surface area (Å²) in [5.74, 6) is 6.63. The van der Waals surface area contributed by atoms with Crippen molar-refractivity contribution in [3.63, 3.8) is 0 Å². The Morgan fingerprint density at radius 2 is 1.00 bits per heavy atom. The monoisotopic (exact) mass is 644 g/mol. The van der Waals surface area contributed by atoms with Gasteiger partial charge in [0.1, 0.15) is 11.4 Å². The maximum absolute atomic E-state index is 14.1. The van der Waals surface area contributed by atoms with Crippen molar-refractivity contribution in [3.05, 3.63) is 118 Å². The van der Waals surface area contributed by atoms with Gasteiger partial charge >= 0.3 is 0 Å². The van der Waals surface area contributed by atoms with Gasteiger partial charge in [-0.2, -0.15) is 8.78 Å². The molecule has 0 unspecified atom stereocenters. The zero-order chi connectivity index (χ0) is 34.0. The van der Waals surface area contributed by atoms with E-state index in [0.717, 1.165) is 56.1 Å². The Labute approximate surface area is 275 Å². The molecular formula is C39H40F4N2O2. The van der Waals surface area contributed by atoms with Crippen molar-refractivity contribution < 1.29 is 27.0 Å². The summed E-state index contributed by atoms with van der Waals surface area (Å²) in [6, 6.07) is 13.1. The number of ether oxygens (including phenoxy) is 2. The van der Waals surface area contributed by atoms with E-state index in [4.69, 9.17) is 9.47 Å². The molecule has 0 radical (unpaired) electrons. The second-order valence-corrected chi connectivity index (χ2v) is 10.6. The van der Waals surface area contributed by atoms with E-state index in [0.29, 0.717) is 24.6 Å². The number of rotatable bonds is 11. The Hall–Kier alpha value is -4.82. The van der Waals surface area contributed by atoms with E-state index < -0.39 is 23.3 Å². The van der Waals surface area contributed by atoms with Crippen LogP contribution in [0.1, 0.15) is 93.4 Å². The molecule has 0 aliphatic heterocycles. The van der Waals surface area contributed by atoms with Gasteiger partial charge in [0, 0.05) is 12.4 Å². The number of halogens is 4. The predicted octanol–water partition coefficient (Wildman–Crippen LogP) is 9.39. The Kier molecular flexibility index (Phi) is 15.3. The number of benzene rings is 2. The zero-order valence-electron chi connectivity index (χ0n) is 27.4. The topological polar surface area (TPSA) is 44.2 Å².